The van der Waals surface area contributed by atoms with E-state index in [9.17, 15) is 4.79 Å². The van der Waals surface area contributed by atoms with Crippen LogP contribution in [0.25, 0.3) is 0 Å². The van der Waals surface area contributed by atoms with Crippen LogP contribution in [0.1, 0.15) is 20.3 Å². The SMILES string of the molecule is CCN1CCN(CCC(C)O)C(=O)C1. The molecular weight excluding hydrogens is 180 g/mol. The third-order valence-electron chi connectivity index (χ3n) is 2.66. The number of aliphatic hydroxyl groups is 1. The zero-order valence-electron chi connectivity index (χ0n) is 9.07. The highest BCUT2D eigenvalue weighted by molar-refractivity contribution is 5.79. The van der Waals surface area contributed by atoms with Gasteiger partial charge in [-0.05, 0) is 19.9 Å². The largest absolute Gasteiger partial charge is 0.393 e. The molecule has 0 spiro atoms. The van der Waals surface area contributed by atoms with Gasteiger partial charge in [-0.1, -0.05) is 6.92 Å². The monoisotopic (exact) mass is 200 g/mol. The molecule has 1 heterocycles. The molecule has 0 radical (unpaired) electrons. The van der Waals surface area contributed by atoms with E-state index in [0.717, 1.165) is 19.6 Å². The van der Waals surface area contributed by atoms with E-state index in [1.165, 1.54) is 0 Å². The zero-order chi connectivity index (χ0) is 10.6. The smallest absolute Gasteiger partial charge is 0.236 e. The van der Waals surface area contributed by atoms with Crippen molar-refractivity contribution in [2.45, 2.75) is 26.4 Å². The van der Waals surface area contributed by atoms with Gasteiger partial charge in [0.15, 0.2) is 0 Å². The lowest BCUT2D eigenvalue weighted by atomic mass is 10.2. The van der Waals surface area contributed by atoms with E-state index in [-0.39, 0.29) is 12.0 Å². The van der Waals surface area contributed by atoms with Crippen LogP contribution in [0.2, 0.25) is 0 Å². The van der Waals surface area contributed by atoms with Gasteiger partial charge in [0.1, 0.15) is 0 Å². The van der Waals surface area contributed by atoms with E-state index in [2.05, 4.69) is 11.8 Å². The minimum atomic E-state index is -0.313. The highest BCUT2D eigenvalue weighted by atomic mass is 16.3. The molecule has 0 saturated carbocycles. The van der Waals surface area contributed by atoms with E-state index in [4.69, 9.17) is 5.11 Å². The molecule has 1 N–H and O–H groups in total. The van der Waals surface area contributed by atoms with Gasteiger partial charge in [0.25, 0.3) is 0 Å². The Kier molecular flexibility index (Phi) is 4.35. The van der Waals surface area contributed by atoms with E-state index in [0.29, 0.717) is 19.5 Å². The van der Waals surface area contributed by atoms with Gasteiger partial charge in [0.05, 0.1) is 12.6 Å². The molecule has 1 fully saturated rings. The minimum absolute atomic E-state index is 0.193. The molecule has 1 rings (SSSR count). The van der Waals surface area contributed by atoms with Crippen LogP contribution in [0, 0.1) is 0 Å². The molecule has 0 aromatic rings. The Morgan fingerprint density at radius 2 is 2.21 bits per heavy atom. The van der Waals surface area contributed by atoms with Gasteiger partial charge in [-0.3, -0.25) is 9.69 Å². The molecule has 1 saturated heterocycles. The molecule has 82 valence electrons. The molecule has 1 unspecified atom stereocenters. The van der Waals surface area contributed by atoms with Crippen molar-refractivity contribution >= 4 is 5.91 Å². The Balaban J connectivity index is 2.31. The lowest BCUT2D eigenvalue weighted by Gasteiger charge is -2.33. The average Bonchev–Trinajstić information content (AvgIpc) is 2.15. The van der Waals surface area contributed by atoms with Crippen LogP contribution >= 0.6 is 0 Å². The van der Waals surface area contributed by atoms with Gasteiger partial charge < -0.3 is 10.0 Å². The summed E-state index contributed by atoms with van der Waals surface area (Å²) in [4.78, 5) is 15.6. The number of nitrogens with zero attached hydrogens (tertiary/aromatic N) is 2. The highest BCUT2D eigenvalue weighted by Crippen LogP contribution is 2.04. The molecule has 0 aromatic carbocycles. The predicted octanol–water partition coefficient (Wildman–Crippen LogP) is -0.0786. The topological polar surface area (TPSA) is 43.8 Å². The van der Waals surface area contributed by atoms with E-state index < -0.39 is 0 Å². The molecule has 4 nitrogen and oxygen atoms in total. The molecule has 1 amide bonds. The summed E-state index contributed by atoms with van der Waals surface area (Å²) in [6.07, 6.45) is 0.365. The number of hydrogen-bond donors (Lipinski definition) is 1. The van der Waals surface area contributed by atoms with Crippen LogP contribution in [0.15, 0.2) is 0 Å². The van der Waals surface area contributed by atoms with Crippen LogP contribution in [0.3, 0.4) is 0 Å². The van der Waals surface area contributed by atoms with Gasteiger partial charge >= 0.3 is 0 Å². The molecule has 1 atom stereocenters. The number of amides is 1. The summed E-state index contributed by atoms with van der Waals surface area (Å²) in [5.41, 5.74) is 0. The number of likely N-dealkylation sites (N-methyl/N-ethyl adjacent to an activating group) is 1. The third kappa shape index (κ3) is 3.27. The van der Waals surface area contributed by atoms with Crippen LogP contribution in [-0.2, 0) is 4.79 Å². The third-order valence-corrected chi connectivity index (χ3v) is 2.66. The van der Waals surface area contributed by atoms with Crippen molar-refractivity contribution in [3.05, 3.63) is 0 Å². The maximum absolute atomic E-state index is 11.6. The van der Waals surface area contributed by atoms with Crippen molar-refractivity contribution in [2.75, 3.05) is 32.7 Å². The highest BCUT2D eigenvalue weighted by Gasteiger charge is 2.22. The Labute approximate surface area is 85.5 Å². The maximum atomic E-state index is 11.6. The fourth-order valence-corrected chi connectivity index (χ4v) is 1.61. The second-order valence-electron chi connectivity index (χ2n) is 3.89. The van der Waals surface area contributed by atoms with Gasteiger partial charge in [-0.2, -0.15) is 0 Å². The van der Waals surface area contributed by atoms with Gasteiger partial charge in [0.2, 0.25) is 5.91 Å². The van der Waals surface area contributed by atoms with Crippen molar-refractivity contribution in [3.8, 4) is 0 Å². The van der Waals surface area contributed by atoms with Gasteiger partial charge in [0, 0.05) is 19.6 Å². The van der Waals surface area contributed by atoms with E-state index >= 15 is 0 Å². The van der Waals surface area contributed by atoms with Crippen molar-refractivity contribution < 1.29 is 9.90 Å². The Bertz CT molecular complexity index is 195. The first-order chi connectivity index (χ1) is 6.63. The van der Waals surface area contributed by atoms with E-state index in [1.54, 1.807) is 6.92 Å². The lowest BCUT2D eigenvalue weighted by Crippen LogP contribution is -2.50. The van der Waals surface area contributed by atoms with Crippen LogP contribution < -0.4 is 0 Å². The number of hydrogen-bond acceptors (Lipinski definition) is 3. The number of aliphatic hydroxyl groups excluding tert-OH is 1. The molecule has 1 aliphatic rings. The molecule has 4 heteroatoms. The summed E-state index contributed by atoms with van der Waals surface area (Å²) in [6, 6.07) is 0. The number of rotatable bonds is 4. The van der Waals surface area contributed by atoms with Crippen molar-refractivity contribution in [3.63, 3.8) is 0 Å². The zero-order valence-corrected chi connectivity index (χ0v) is 9.07. The summed E-state index contributed by atoms with van der Waals surface area (Å²) in [6.45, 7) is 7.76. The molecule has 1 aliphatic heterocycles. The summed E-state index contributed by atoms with van der Waals surface area (Å²) in [7, 11) is 0. The molecule has 0 aliphatic carbocycles. The first-order valence-corrected chi connectivity index (χ1v) is 5.31. The van der Waals surface area contributed by atoms with Crippen molar-refractivity contribution in [1.29, 1.82) is 0 Å². The number of carbonyl (C=O) groups is 1. The fraction of sp³-hybridized carbons (Fsp3) is 0.900. The second-order valence-corrected chi connectivity index (χ2v) is 3.89. The summed E-state index contributed by atoms with van der Waals surface area (Å²) in [5.74, 6) is 0.193. The van der Waals surface area contributed by atoms with Crippen molar-refractivity contribution in [1.82, 2.24) is 9.80 Å². The normalized spacial score (nSPS) is 21.4. The molecule has 14 heavy (non-hydrogen) atoms. The first kappa shape index (κ1) is 11.5. The number of piperazine rings is 1. The Hall–Kier alpha value is -0.610. The maximum Gasteiger partial charge on any atom is 0.236 e. The van der Waals surface area contributed by atoms with Crippen molar-refractivity contribution in [2.24, 2.45) is 0 Å². The predicted molar refractivity (Wildman–Crippen MR) is 55.0 cm³/mol. The summed E-state index contributed by atoms with van der Waals surface area (Å²) in [5, 5.41) is 9.12. The minimum Gasteiger partial charge on any atom is -0.393 e. The number of carbonyl (C=O) groups excluding carboxylic acids is 1. The van der Waals surface area contributed by atoms with Crippen LogP contribution in [0.5, 0.6) is 0 Å². The molecule has 0 bridgehead atoms. The van der Waals surface area contributed by atoms with E-state index in [1.807, 2.05) is 4.90 Å². The van der Waals surface area contributed by atoms with Gasteiger partial charge in [-0.15, -0.1) is 0 Å². The Morgan fingerprint density at radius 3 is 2.71 bits per heavy atom. The summed E-state index contributed by atoms with van der Waals surface area (Å²) >= 11 is 0. The lowest BCUT2D eigenvalue weighted by molar-refractivity contribution is -0.136. The fourth-order valence-electron chi connectivity index (χ4n) is 1.61. The Morgan fingerprint density at radius 1 is 1.50 bits per heavy atom. The molecular formula is C10H20N2O2. The van der Waals surface area contributed by atoms with Gasteiger partial charge in [-0.25, -0.2) is 0 Å². The second kappa shape index (κ2) is 5.32. The van der Waals surface area contributed by atoms with Crippen LogP contribution in [0.4, 0.5) is 0 Å². The standard InChI is InChI=1S/C10H20N2O2/c1-3-11-6-7-12(10(14)8-11)5-4-9(2)13/h9,13H,3-8H2,1-2H3. The first-order valence-electron chi connectivity index (χ1n) is 5.31. The average molecular weight is 200 g/mol. The molecule has 0 aromatic heterocycles. The van der Waals surface area contributed by atoms with Crippen LogP contribution in [-0.4, -0.2) is 59.6 Å². The quantitative estimate of drug-likeness (QED) is 0.690. The summed E-state index contributed by atoms with van der Waals surface area (Å²) < 4.78 is 0.